The van der Waals surface area contributed by atoms with E-state index < -0.39 is 0 Å². The number of ether oxygens (including phenoxy) is 1. The molecule has 1 aliphatic heterocycles. The van der Waals surface area contributed by atoms with Crippen molar-refractivity contribution in [1.29, 1.82) is 0 Å². The van der Waals surface area contributed by atoms with Gasteiger partial charge < -0.3 is 15.4 Å². The topological polar surface area (TPSA) is 53.6 Å². The molecule has 2 N–H and O–H groups in total. The monoisotopic (exact) mass is 367 g/mol. The van der Waals surface area contributed by atoms with Crippen molar-refractivity contribution < 1.29 is 9.53 Å². The van der Waals surface area contributed by atoms with Crippen molar-refractivity contribution in [2.45, 2.75) is 33.0 Å². The normalized spacial score (nSPS) is 15.9. The van der Waals surface area contributed by atoms with Crippen molar-refractivity contribution >= 4 is 6.03 Å². The summed E-state index contributed by atoms with van der Waals surface area (Å²) < 4.78 is 5.38. The van der Waals surface area contributed by atoms with Gasteiger partial charge in [-0.25, -0.2) is 4.79 Å². The Morgan fingerprint density at radius 1 is 1.04 bits per heavy atom. The first-order valence-electron chi connectivity index (χ1n) is 9.59. The molecular formula is C22H29N3O2. The largest absolute Gasteiger partial charge is 0.379 e. The molecule has 144 valence electrons. The highest BCUT2D eigenvalue weighted by Gasteiger charge is 2.11. The van der Waals surface area contributed by atoms with Gasteiger partial charge in [0.05, 0.1) is 19.3 Å². The van der Waals surface area contributed by atoms with Crippen LogP contribution in [0.5, 0.6) is 0 Å². The average molecular weight is 367 g/mol. The molecule has 1 saturated heterocycles. The molecule has 0 spiro atoms. The summed E-state index contributed by atoms with van der Waals surface area (Å²) in [5, 5.41) is 5.92. The number of carbonyl (C=O) groups is 1. The summed E-state index contributed by atoms with van der Waals surface area (Å²) in [6.45, 7) is 9.13. The van der Waals surface area contributed by atoms with Gasteiger partial charge in [-0.15, -0.1) is 0 Å². The van der Waals surface area contributed by atoms with Crippen LogP contribution in [0.25, 0.3) is 0 Å². The molecule has 2 amide bonds. The van der Waals surface area contributed by atoms with Crippen LogP contribution in [0.15, 0.2) is 48.5 Å². The van der Waals surface area contributed by atoms with Crippen molar-refractivity contribution in [2.24, 2.45) is 0 Å². The van der Waals surface area contributed by atoms with Crippen LogP contribution in [0.3, 0.4) is 0 Å². The minimum atomic E-state index is -0.152. The zero-order chi connectivity index (χ0) is 19.1. The maximum absolute atomic E-state index is 12.2. The smallest absolute Gasteiger partial charge is 0.315 e. The van der Waals surface area contributed by atoms with E-state index in [1.54, 1.807) is 0 Å². The van der Waals surface area contributed by atoms with Crippen LogP contribution in [0, 0.1) is 6.92 Å². The quantitative estimate of drug-likeness (QED) is 0.823. The second-order valence-corrected chi connectivity index (χ2v) is 7.16. The highest BCUT2D eigenvalue weighted by atomic mass is 16.5. The van der Waals surface area contributed by atoms with Crippen molar-refractivity contribution in [3.63, 3.8) is 0 Å². The van der Waals surface area contributed by atoms with Gasteiger partial charge in [-0.2, -0.15) is 0 Å². The van der Waals surface area contributed by atoms with Gasteiger partial charge in [0.1, 0.15) is 0 Å². The fraction of sp³-hybridized carbons (Fsp3) is 0.409. The van der Waals surface area contributed by atoms with Gasteiger partial charge in [-0.1, -0.05) is 54.1 Å². The van der Waals surface area contributed by atoms with E-state index in [0.717, 1.165) is 44.0 Å². The maximum Gasteiger partial charge on any atom is 0.315 e. The van der Waals surface area contributed by atoms with Gasteiger partial charge in [-0.3, -0.25) is 4.90 Å². The second-order valence-electron chi connectivity index (χ2n) is 7.16. The van der Waals surface area contributed by atoms with E-state index in [-0.39, 0.29) is 12.1 Å². The van der Waals surface area contributed by atoms with E-state index in [1.807, 2.05) is 19.1 Å². The summed E-state index contributed by atoms with van der Waals surface area (Å²) in [6.07, 6.45) is 0. The van der Waals surface area contributed by atoms with Crippen molar-refractivity contribution in [3.8, 4) is 0 Å². The summed E-state index contributed by atoms with van der Waals surface area (Å²) in [7, 11) is 0. The summed E-state index contributed by atoms with van der Waals surface area (Å²) in [4.78, 5) is 14.6. The second kappa shape index (κ2) is 9.53. The van der Waals surface area contributed by atoms with E-state index in [9.17, 15) is 4.79 Å². The number of morpholine rings is 1. The Bertz CT molecular complexity index is 722. The number of rotatable bonds is 6. The first-order valence-corrected chi connectivity index (χ1v) is 9.59. The van der Waals surface area contributed by atoms with Crippen LogP contribution in [-0.2, 0) is 17.8 Å². The molecule has 0 saturated carbocycles. The maximum atomic E-state index is 12.2. The zero-order valence-electron chi connectivity index (χ0n) is 16.2. The van der Waals surface area contributed by atoms with Crippen LogP contribution < -0.4 is 10.6 Å². The number of hydrogen-bond donors (Lipinski definition) is 2. The lowest BCUT2D eigenvalue weighted by molar-refractivity contribution is 0.0342. The SMILES string of the molecule is Cc1ccc(C(C)NC(=O)NCc2ccc(CN3CCOCC3)cc2)cc1. The van der Waals surface area contributed by atoms with Crippen molar-refractivity contribution in [3.05, 3.63) is 70.8 Å². The Labute approximate surface area is 161 Å². The molecule has 1 unspecified atom stereocenters. The molecule has 0 aromatic heterocycles. The summed E-state index contributed by atoms with van der Waals surface area (Å²) in [6, 6.07) is 16.5. The Morgan fingerprint density at radius 3 is 2.33 bits per heavy atom. The third-order valence-corrected chi connectivity index (χ3v) is 4.91. The molecule has 2 aromatic carbocycles. The first kappa shape index (κ1) is 19.4. The van der Waals surface area contributed by atoms with Crippen LogP contribution in [0.4, 0.5) is 4.79 Å². The van der Waals surface area contributed by atoms with E-state index in [0.29, 0.717) is 6.54 Å². The highest BCUT2D eigenvalue weighted by Crippen LogP contribution is 2.13. The molecule has 3 rings (SSSR count). The number of carbonyl (C=O) groups excluding carboxylic acids is 1. The molecular weight excluding hydrogens is 338 g/mol. The van der Waals surface area contributed by atoms with Gasteiger partial charge in [-0.05, 0) is 30.5 Å². The predicted molar refractivity (Wildman–Crippen MR) is 108 cm³/mol. The van der Waals surface area contributed by atoms with Crippen LogP contribution in [0.2, 0.25) is 0 Å². The third-order valence-electron chi connectivity index (χ3n) is 4.91. The Morgan fingerprint density at radius 2 is 1.67 bits per heavy atom. The molecule has 1 atom stereocenters. The fourth-order valence-electron chi connectivity index (χ4n) is 3.15. The standard InChI is InChI=1S/C22H29N3O2/c1-17-3-9-21(10-4-17)18(2)24-22(26)23-15-19-5-7-20(8-6-19)16-25-11-13-27-14-12-25/h3-10,18H,11-16H2,1-2H3,(H2,23,24,26). The lowest BCUT2D eigenvalue weighted by atomic mass is 10.1. The number of nitrogens with zero attached hydrogens (tertiary/aromatic N) is 1. The number of amides is 2. The number of nitrogens with one attached hydrogen (secondary N) is 2. The predicted octanol–water partition coefficient (Wildman–Crippen LogP) is 3.39. The number of hydrogen-bond acceptors (Lipinski definition) is 3. The fourth-order valence-corrected chi connectivity index (χ4v) is 3.15. The van der Waals surface area contributed by atoms with Crippen LogP contribution in [-0.4, -0.2) is 37.2 Å². The van der Waals surface area contributed by atoms with Crippen molar-refractivity contribution in [1.82, 2.24) is 15.5 Å². The summed E-state index contributed by atoms with van der Waals surface area (Å²) >= 11 is 0. The average Bonchev–Trinajstić information content (AvgIpc) is 2.69. The minimum Gasteiger partial charge on any atom is -0.379 e. The number of urea groups is 1. The molecule has 1 heterocycles. The van der Waals surface area contributed by atoms with E-state index in [2.05, 4.69) is 58.9 Å². The summed E-state index contributed by atoms with van der Waals surface area (Å²) in [5.74, 6) is 0. The van der Waals surface area contributed by atoms with E-state index in [1.165, 1.54) is 11.1 Å². The molecule has 1 fully saturated rings. The Balaban J connectivity index is 1.43. The molecule has 5 heteroatoms. The molecule has 5 nitrogen and oxygen atoms in total. The molecule has 0 radical (unpaired) electrons. The summed E-state index contributed by atoms with van der Waals surface area (Å²) in [5.41, 5.74) is 4.70. The minimum absolute atomic E-state index is 0.0264. The van der Waals surface area contributed by atoms with Crippen LogP contribution in [0.1, 0.15) is 35.2 Å². The van der Waals surface area contributed by atoms with Crippen LogP contribution >= 0.6 is 0 Å². The molecule has 2 aromatic rings. The van der Waals surface area contributed by atoms with E-state index in [4.69, 9.17) is 4.74 Å². The first-order chi connectivity index (χ1) is 13.1. The molecule has 0 aliphatic carbocycles. The lowest BCUT2D eigenvalue weighted by Gasteiger charge is -2.26. The zero-order valence-corrected chi connectivity index (χ0v) is 16.2. The van der Waals surface area contributed by atoms with E-state index >= 15 is 0 Å². The third kappa shape index (κ3) is 6.08. The van der Waals surface area contributed by atoms with Gasteiger partial charge in [0.25, 0.3) is 0 Å². The van der Waals surface area contributed by atoms with Gasteiger partial charge >= 0.3 is 6.03 Å². The molecule has 27 heavy (non-hydrogen) atoms. The van der Waals surface area contributed by atoms with Crippen molar-refractivity contribution in [2.75, 3.05) is 26.3 Å². The Kier molecular flexibility index (Phi) is 6.85. The Hall–Kier alpha value is -2.37. The molecule has 0 bridgehead atoms. The lowest BCUT2D eigenvalue weighted by Crippen LogP contribution is -2.36. The van der Waals surface area contributed by atoms with Gasteiger partial charge in [0.2, 0.25) is 0 Å². The number of benzene rings is 2. The number of aryl methyl sites for hydroxylation is 1. The highest BCUT2D eigenvalue weighted by molar-refractivity contribution is 5.74. The van der Waals surface area contributed by atoms with Gasteiger partial charge in [0, 0.05) is 26.2 Å². The van der Waals surface area contributed by atoms with Gasteiger partial charge in [0.15, 0.2) is 0 Å². The molecule has 1 aliphatic rings.